The van der Waals surface area contributed by atoms with E-state index in [9.17, 15) is 9.13 Å². The van der Waals surface area contributed by atoms with Crippen molar-refractivity contribution in [2.24, 2.45) is 0 Å². The standard InChI is InChI=1S/C8H18O4P2/c1-3-11-13(9)6-5-7-14(10,8-13)12-4-2/h3-8H2,1-2H3/t13-,14-/m1/s1. The largest absolute Gasteiger partial charge is 0.328 e. The van der Waals surface area contributed by atoms with Crippen molar-refractivity contribution in [1.82, 2.24) is 0 Å². The van der Waals surface area contributed by atoms with Crippen LogP contribution in [0.2, 0.25) is 0 Å². The lowest BCUT2D eigenvalue weighted by molar-refractivity contribution is 0.317. The summed E-state index contributed by atoms with van der Waals surface area (Å²) in [6.45, 7) is 4.45. The highest BCUT2D eigenvalue weighted by atomic mass is 31.2. The highest BCUT2D eigenvalue weighted by Gasteiger charge is 2.39. The van der Waals surface area contributed by atoms with Crippen molar-refractivity contribution in [3.8, 4) is 0 Å². The van der Waals surface area contributed by atoms with Gasteiger partial charge in [0.1, 0.15) is 5.90 Å². The van der Waals surface area contributed by atoms with Crippen molar-refractivity contribution in [1.29, 1.82) is 0 Å². The molecule has 0 N–H and O–H groups in total. The summed E-state index contributed by atoms with van der Waals surface area (Å²) in [5.41, 5.74) is 0. The van der Waals surface area contributed by atoms with Crippen molar-refractivity contribution in [2.75, 3.05) is 31.4 Å². The van der Waals surface area contributed by atoms with E-state index in [1.165, 1.54) is 0 Å². The molecule has 2 atom stereocenters. The zero-order valence-electron chi connectivity index (χ0n) is 8.77. The molecule has 1 aliphatic heterocycles. The lowest BCUT2D eigenvalue weighted by Crippen LogP contribution is -2.12. The Morgan fingerprint density at radius 3 is 1.79 bits per heavy atom. The molecule has 0 radical (unpaired) electrons. The van der Waals surface area contributed by atoms with E-state index in [0.717, 1.165) is 0 Å². The fraction of sp³-hybridized carbons (Fsp3) is 1.00. The minimum atomic E-state index is -2.65. The molecular formula is C8H18O4P2. The molecule has 1 rings (SSSR count). The summed E-state index contributed by atoms with van der Waals surface area (Å²) < 4.78 is 34.5. The topological polar surface area (TPSA) is 52.6 Å². The van der Waals surface area contributed by atoms with Gasteiger partial charge in [0.2, 0.25) is 14.7 Å². The molecule has 0 aliphatic carbocycles. The predicted molar refractivity (Wildman–Crippen MR) is 57.7 cm³/mol. The van der Waals surface area contributed by atoms with Crippen LogP contribution in [-0.2, 0) is 18.2 Å². The van der Waals surface area contributed by atoms with Gasteiger partial charge in [-0.05, 0) is 20.3 Å². The molecule has 0 spiro atoms. The summed E-state index contributed by atoms with van der Waals surface area (Å²) in [7, 11) is -5.31. The van der Waals surface area contributed by atoms with Gasteiger partial charge in [-0.25, -0.2) is 0 Å². The van der Waals surface area contributed by atoms with E-state index in [1.807, 2.05) is 0 Å². The Hall–Kier alpha value is 0.380. The number of rotatable bonds is 4. The lowest BCUT2D eigenvalue weighted by atomic mass is 10.6. The molecule has 6 heteroatoms. The summed E-state index contributed by atoms with van der Waals surface area (Å²) in [5, 5.41) is 0. The monoisotopic (exact) mass is 240 g/mol. The minimum Gasteiger partial charge on any atom is -0.328 e. The van der Waals surface area contributed by atoms with Crippen LogP contribution in [0.1, 0.15) is 20.3 Å². The molecule has 0 aromatic heterocycles. The maximum atomic E-state index is 12.0. The normalized spacial score (nSPS) is 38.4. The van der Waals surface area contributed by atoms with Crippen LogP contribution in [0.15, 0.2) is 0 Å². The smallest absolute Gasteiger partial charge is 0.212 e. The molecule has 0 unspecified atom stereocenters. The first-order valence-electron chi connectivity index (χ1n) is 4.99. The molecule has 1 saturated heterocycles. The van der Waals surface area contributed by atoms with E-state index in [1.54, 1.807) is 13.8 Å². The molecule has 0 saturated carbocycles. The Morgan fingerprint density at radius 2 is 1.43 bits per heavy atom. The van der Waals surface area contributed by atoms with Gasteiger partial charge >= 0.3 is 0 Å². The zero-order chi connectivity index (χ0) is 10.7. The van der Waals surface area contributed by atoms with Crippen molar-refractivity contribution < 1.29 is 18.2 Å². The predicted octanol–water partition coefficient (Wildman–Crippen LogP) is 2.98. The number of hydrogen-bond donors (Lipinski definition) is 0. The molecule has 0 bridgehead atoms. The maximum absolute atomic E-state index is 12.0. The van der Waals surface area contributed by atoms with Crippen molar-refractivity contribution in [2.45, 2.75) is 20.3 Å². The van der Waals surface area contributed by atoms with Gasteiger partial charge in [0.05, 0.1) is 13.2 Å². The summed E-state index contributed by atoms with van der Waals surface area (Å²) in [5.74, 6) is 0.141. The van der Waals surface area contributed by atoms with Crippen LogP contribution < -0.4 is 0 Å². The fourth-order valence-electron chi connectivity index (χ4n) is 1.70. The molecular weight excluding hydrogens is 222 g/mol. The van der Waals surface area contributed by atoms with Crippen LogP contribution in [0.4, 0.5) is 0 Å². The Labute approximate surface area is 85.3 Å². The third-order valence-corrected chi connectivity index (χ3v) is 9.06. The van der Waals surface area contributed by atoms with Crippen LogP contribution in [-0.4, -0.2) is 31.4 Å². The highest BCUT2D eigenvalue weighted by Crippen LogP contribution is 2.66. The molecule has 0 amide bonds. The van der Waals surface area contributed by atoms with Gasteiger partial charge in [-0.1, -0.05) is 0 Å². The average molecular weight is 240 g/mol. The first kappa shape index (κ1) is 12.4. The molecule has 1 heterocycles. The zero-order valence-corrected chi connectivity index (χ0v) is 10.6. The Balaban J connectivity index is 2.68. The van der Waals surface area contributed by atoms with Crippen LogP contribution in [0.25, 0.3) is 0 Å². The van der Waals surface area contributed by atoms with Crippen LogP contribution in [0.5, 0.6) is 0 Å². The van der Waals surface area contributed by atoms with Gasteiger partial charge in [-0.3, -0.25) is 9.13 Å². The highest BCUT2D eigenvalue weighted by molar-refractivity contribution is 7.76. The van der Waals surface area contributed by atoms with Crippen LogP contribution in [0, 0.1) is 0 Å². The van der Waals surface area contributed by atoms with Gasteiger partial charge in [0.25, 0.3) is 0 Å². The third kappa shape index (κ3) is 3.20. The van der Waals surface area contributed by atoms with Crippen LogP contribution in [0.3, 0.4) is 0 Å². The molecule has 1 aliphatic rings. The van der Waals surface area contributed by atoms with Crippen molar-refractivity contribution in [3.63, 3.8) is 0 Å². The molecule has 1 fully saturated rings. The molecule has 4 nitrogen and oxygen atoms in total. The second-order valence-electron chi connectivity index (χ2n) is 3.41. The van der Waals surface area contributed by atoms with Gasteiger partial charge < -0.3 is 9.05 Å². The van der Waals surface area contributed by atoms with E-state index < -0.39 is 14.7 Å². The Morgan fingerprint density at radius 1 is 1.00 bits per heavy atom. The third-order valence-electron chi connectivity index (χ3n) is 2.16. The second-order valence-corrected chi connectivity index (χ2v) is 9.21. The molecule has 84 valence electrons. The quantitative estimate of drug-likeness (QED) is 0.709. The summed E-state index contributed by atoms with van der Waals surface area (Å²) in [6, 6.07) is 0. The van der Waals surface area contributed by atoms with Crippen molar-refractivity contribution in [3.05, 3.63) is 0 Å². The SMILES string of the molecule is CCO[P@]1(=O)CCC[P@@](=O)(OCC)C1. The minimum absolute atomic E-state index is 0.141. The van der Waals surface area contributed by atoms with Crippen LogP contribution >= 0.6 is 14.7 Å². The number of hydrogen-bond acceptors (Lipinski definition) is 4. The van der Waals surface area contributed by atoms with Gasteiger partial charge in [0.15, 0.2) is 0 Å². The molecule has 0 aromatic rings. The Kier molecular flexibility index (Phi) is 4.39. The van der Waals surface area contributed by atoms with E-state index in [0.29, 0.717) is 32.0 Å². The summed E-state index contributed by atoms with van der Waals surface area (Å²) in [4.78, 5) is 0. The fourth-order valence-corrected chi connectivity index (χ4v) is 8.84. The Bertz CT molecular complexity index is 239. The van der Waals surface area contributed by atoms with E-state index in [2.05, 4.69) is 0 Å². The van der Waals surface area contributed by atoms with Gasteiger partial charge in [-0.15, -0.1) is 0 Å². The van der Waals surface area contributed by atoms with E-state index in [-0.39, 0.29) is 5.90 Å². The summed E-state index contributed by atoms with van der Waals surface area (Å²) in [6.07, 6.45) is 1.80. The van der Waals surface area contributed by atoms with E-state index >= 15 is 0 Å². The van der Waals surface area contributed by atoms with Gasteiger partial charge in [-0.2, -0.15) is 0 Å². The first-order chi connectivity index (χ1) is 6.54. The van der Waals surface area contributed by atoms with E-state index in [4.69, 9.17) is 9.05 Å². The maximum Gasteiger partial charge on any atom is 0.212 e. The van der Waals surface area contributed by atoms with Crippen molar-refractivity contribution >= 4 is 14.7 Å². The second kappa shape index (κ2) is 4.94. The summed E-state index contributed by atoms with van der Waals surface area (Å²) >= 11 is 0. The van der Waals surface area contributed by atoms with Gasteiger partial charge in [0, 0.05) is 12.3 Å². The first-order valence-corrected chi connectivity index (χ1v) is 8.98. The lowest BCUT2D eigenvalue weighted by Gasteiger charge is -2.28. The molecule has 14 heavy (non-hydrogen) atoms. The molecule has 0 aromatic carbocycles. The average Bonchev–Trinajstić information content (AvgIpc) is 2.02.